The van der Waals surface area contributed by atoms with E-state index in [1.54, 1.807) is 0 Å². The maximum Gasteiger partial charge on any atom is 0.301 e. The molecule has 0 saturated heterocycles. The molecule has 1 aliphatic carbocycles. The number of hydrogen-bond acceptors (Lipinski definition) is 5. The van der Waals surface area contributed by atoms with Gasteiger partial charge in [-0.3, -0.25) is 20.2 Å². The molecule has 0 saturated carbocycles. The molecule has 0 atom stereocenters. The van der Waals surface area contributed by atoms with Crippen LogP contribution in [0, 0.1) is 27.2 Å². The van der Waals surface area contributed by atoms with Crippen LogP contribution in [-0.4, -0.2) is 19.6 Å². The summed E-state index contributed by atoms with van der Waals surface area (Å²) in [6.45, 7) is 1.86. The first kappa shape index (κ1) is 13.2. The lowest BCUT2D eigenvalue weighted by Gasteiger charge is -2.06. The van der Waals surface area contributed by atoms with Gasteiger partial charge in [0.1, 0.15) is 5.69 Å². The van der Waals surface area contributed by atoms with Crippen molar-refractivity contribution >= 4 is 11.4 Å². The van der Waals surface area contributed by atoms with Gasteiger partial charge in [-0.25, -0.2) is 4.68 Å². The second-order valence-corrected chi connectivity index (χ2v) is 4.96. The summed E-state index contributed by atoms with van der Waals surface area (Å²) in [7, 11) is 0. The monoisotopic (exact) mass is 288 g/mol. The van der Waals surface area contributed by atoms with E-state index in [4.69, 9.17) is 0 Å². The van der Waals surface area contributed by atoms with E-state index in [0.717, 1.165) is 42.3 Å². The van der Waals surface area contributed by atoms with Gasteiger partial charge in [0.15, 0.2) is 0 Å². The molecule has 0 spiro atoms. The van der Waals surface area contributed by atoms with Crippen LogP contribution in [0.1, 0.15) is 23.4 Å². The number of aryl methyl sites for hydroxylation is 1. The number of benzene rings is 1. The standard InChI is InChI=1S/C13H12N4O4/c1-8-10-3-2-4-11(10)14-15(8)12-6-5-9(16(18)19)7-13(12)17(20)21/h5-7H,2-4H2,1H3. The number of non-ortho nitro benzene ring substituents is 1. The van der Waals surface area contributed by atoms with Crippen LogP contribution in [0.3, 0.4) is 0 Å². The summed E-state index contributed by atoms with van der Waals surface area (Å²) in [5.74, 6) is 0. The summed E-state index contributed by atoms with van der Waals surface area (Å²) >= 11 is 0. The van der Waals surface area contributed by atoms with Gasteiger partial charge in [0, 0.05) is 11.8 Å². The summed E-state index contributed by atoms with van der Waals surface area (Å²) in [6.07, 6.45) is 2.83. The van der Waals surface area contributed by atoms with Crippen LogP contribution < -0.4 is 0 Å². The zero-order valence-electron chi connectivity index (χ0n) is 11.3. The topological polar surface area (TPSA) is 104 Å². The Bertz CT molecular complexity index is 766. The molecule has 8 heteroatoms. The molecule has 1 aromatic carbocycles. The minimum absolute atomic E-state index is 0.262. The summed E-state index contributed by atoms with van der Waals surface area (Å²) in [4.78, 5) is 20.7. The summed E-state index contributed by atoms with van der Waals surface area (Å²) < 4.78 is 1.52. The largest absolute Gasteiger partial charge is 0.301 e. The molecule has 0 N–H and O–H groups in total. The molecule has 2 aromatic rings. The quantitative estimate of drug-likeness (QED) is 0.637. The van der Waals surface area contributed by atoms with Gasteiger partial charge in [0.25, 0.3) is 5.69 Å². The number of nitro groups is 2. The van der Waals surface area contributed by atoms with Gasteiger partial charge in [0.05, 0.1) is 21.6 Å². The van der Waals surface area contributed by atoms with E-state index in [1.807, 2.05) is 6.92 Å². The van der Waals surface area contributed by atoms with Crippen LogP contribution in [0.4, 0.5) is 11.4 Å². The van der Waals surface area contributed by atoms with Crippen molar-refractivity contribution in [2.24, 2.45) is 0 Å². The highest BCUT2D eigenvalue weighted by Gasteiger charge is 2.26. The van der Waals surface area contributed by atoms with E-state index in [-0.39, 0.29) is 17.1 Å². The minimum atomic E-state index is -0.646. The molecule has 108 valence electrons. The van der Waals surface area contributed by atoms with E-state index in [9.17, 15) is 20.2 Å². The molecule has 8 nitrogen and oxygen atoms in total. The molecular formula is C13H12N4O4. The van der Waals surface area contributed by atoms with Gasteiger partial charge >= 0.3 is 5.69 Å². The Hall–Kier alpha value is -2.77. The third-order valence-electron chi connectivity index (χ3n) is 3.76. The van der Waals surface area contributed by atoms with Crippen LogP contribution >= 0.6 is 0 Å². The number of hydrogen-bond donors (Lipinski definition) is 0. The van der Waals surface area contributed by atoms with Crippen LogP contribution in [-0.2, 0) is 12.8 Å². The molecular weight excluding hydrogens is 276 g/mol. The van der Waals surface area contributed by atoms with Crippen LogP contribution in [0.5, 0.6) is 0 Å². The Morgan fingerprint density at radius 2 is 1.95 bits per heavy atom. The van der Waals surface area contributed by atoms with E-state index < -0.39 is 9.85 Å². The zero-order chi connectivity index (χ0) is 15.1. The third-order valence-corrected chi connectivity index (χ3v) is 3.76. The molecule has 0 bridgehead atoms. The van der Waals surface area contributed by atoms with Gasteiger partial charge in [-0.2, -0.15) is 5.10 Å². The van der Waals surface area contributed by atoms with E-state index in [1.165, 1.54) is 16.8 Å². The molecule has 21 heavy (non-hydrogen) atoms. The average Bonchev–Trinajstić information content (AvgIpc) is 3.01. The zero-order valence-corrected chi connectivity index (χ0v) is 11.3. The molecule has 0 unspecified atom stereocenters. The predicted molar refractivity (Wildman–Crippen MR) is 73.6 cm³/mol. The highest BCUT2D eigenvalue weighted by molar-refractivity contribution is 5.58. The second kappa shape index (κ2) is 4.65. The highest BCUT2D eigenvalue weighted by Crippen LogP contribution is 2.32. The van der Waals surface area contributed by atoms with Crippen molar-refractivity contribution in [3.63, 3.8) is 0 Å². The van der Waals surface area contributed by atoms with Crippen molar-refractivity contribution in [1.29, 1.82) is 0 Å². The van der Waals surface area contributed by atoms with Gasteiger partial charge in [-0.15, -0.1) is 0 Å². The number of fused-ring (bicyclic) bond motifs is 1. The average molecular weight is 288 g/mol. The molecule has 0 radical (unpaired) electrons. The molecule has 0 aliphatic heterocycles. The molecule has 0 fully saturated rings. The Kier molecular flexibility index (Phi) is 2.93. The Labute approximate surface area is 119 Å². The van der Waals surface area contributed by atoms with Gasteiger partial charge < -0.3 is 0 Å². The van der Waals surface area contributed by atoms with E-state index >= 15 is 0 Å². The Morgan fingerprint density at radius 1 is 1.19 bits per heavy atom. The highest BCUT2D eigenvalue weighted by atomic mass is 16.6. The van der Waals surface area contributed by atoms with Crippen molar-refractivity contribution in [3.8, 4) is 5.69 Å². The van der Waals surface area contributed by atoms with Crippen LogP contribution in [0.15, 0.2) is 18.2 Å². The third kappa shape index (κ3) is 2.04. The van der Waals surface area contributed by atoms with Crippen molar-refractivity contribution in [2.75, 3.05) is 0 Å². The number of nitro benzene ring substituents is 2. The SMILES string of the molecule is Cc1c2c(nn1-c1ccc([N+](=O)[O-])cc1[N+](=O)[O-])CCC2. The second-order valence-electron chi connectivity index (χ2n) is 4.96. The fourth-order valence-electron chi connectivity index (χ4n) is 2.74. The van der Waals surface area contributed by atoms with Crippen molar-refractivity contribution in [1.82, 2.24) is 9.78 Å². The maximum atomic E-state index is 11.2. The molecule has 3 rings (SSSR count). The van der Waals surface area contributed by atoms with Crippen molar-refractivity contribution in [2.45, 2.75) is 26.2 Å². The summed E-state index contributed by atoms with van der Waals surface area (Å²) in [5.41, 5.74) is 2.59. The van der Waals surface area contributed by atoms with Crippen molar-refractivity contribution in [3.05, 3.63) is 55.4 Å². The fourth-order valence-corrected chi connectivity index (χ4v) is 2.74. The first-order chi connectivity index (χ1) is 9.99. The lowest BCUT2D eigenvalue weighted by molar-refractivity contribution is -0.394. The lowest BCUT2D eigenvalue weighted by atomic mass is 10.2. The fraction of sp³-hybridized carbons (Fsp3) is 0.308. The molecule has 0 amide bonds. The summed E-state index contributed by atoms with van der Waals surface area (Å²) in [5, 5.41) is 26.4. The predicted octanol–water partition coefficient (Wildman–Crippen LogP) is 2.49. The molecule has 1 aromatic heterocycles. The first-order valence-corrected chi connectivity index (χ1v) is 6.49. The van der Waals surface area contributed by atoms with Crippen molar-refractivity contribution < 1.29 is 9.85 Å². The normalized spacial score (nSPS) is 13.2. The first-order valence-electron chi connectivity index (χ1n) is 6.49. The summed E-state index contributed by atoms with van der Waals surface area (Å²) in [6, 6.07) is 3.61. The smallest absolute Gasteiger partial charge is 0.258 e. The van der Waals surface area contributed by atoms with Gasteiger partial charge in [-0.1, -0.05) is 0 Å². The van der Waals surface area contributed by atoms with E-state index in [2.05, 4.69) is 5.10 Å². The van der Waals surface area contributed by atoms with Crippen LogP contribution in [0.25, 0.3) is 5.69 Å². The Balaban J connectivity index is 2.18. The lowest BCUT2D eigenvalue weighted by Crippen LogP contribution is -2.05. The van der Waals surface area contributed by atoms with Crippen LogP contribution in [0.2, 0.25) is 0 Å². The molecule has 1 aliphatic rings. The number of rotatable bonds is 3. The molecule has 1 heterocycles. The maximum absolute atomic E-state index is 11.2. The minimum Gasteiger partial charge on any atom is -0.258 e. The van der Waals surface area contributed by atoms with Gasteiger partial charge in [-0.05, 0) is 37.8 Å². The Morgan fingerprint density at radius 3 is 2.57 bits per heavy atom. The van der Waals surface area contributed by atoms with E-state index in [0.29, 0.717) is 0 Å². The van der Waals surface area contributed by atoms with Gasteiger partial charge in [0.2, 0.25) is 0 Å². The number of aromatic nitrogens is 2. The number of nitrogens with zero attached hydrogens (tertiary/aromatic N) is 4.